The lowest BCUT2D eigenvalue weighted by Crippen LogP contribution is -2.26. The number of nitrogens with two attached hydrogens (primary N) is 1. The highest BCUT2D eigenvalue weighted by atomic mass is 79.9. The van der Waals surface area contributed by atoms with Gasteiger partial charge in [-0.2, -0.15) is 4.98 Å². The van der Waals surface area contributed by atoms with Crippen LogP contribution in [0.5, 0.6) is 0 Å². The topological polar surface area (TPSA) is 176 Å². The van der Waals surface area contributed by atoms with Gasteiger partial charge in [0.25, 0.3) is 0 Å². The van der Waals surface area contributed by atoms with E-state index in [0.29, 0.717) is 22.4 Å². The lowest BCUT2D eigenvalue weighted by atomic mass is 10.2. The van der Waals surface area contributed by atoms with Gasteiger partial charge < -0.3 is 15.7 Å². The normalized spacial score (nSPS) is 12.8. The fourth-order valence-electron chi connectivity index (χ4n) is 2.94. The van der Waals surface area contributed by atoms with Gasteiger partial charge in [0.2, 0.25) is 26.0 Å². The molecule has 0 spiro atoms. The van der Waals surface area contributed by atoms with Crippen molar-refractivity contribution in [3.05, 3.63) is 64.8 Å². The first-order chi connectivity index (χ1) is 16.5. The second kappa shape index (κ2) is 11.4. The third-order valence-corrected chi connectivity index (χ3v) is 7.73. The zero-order valence-corrected chi connectivity index (χ0v) is 21.9. The first-order valence-corrected chi connectivity index (χ1v) is 14.2. The number of primary sulfonamides is 1. The number of halogens is 1. The number of aromatic nitrogens is 2. The minimum absolute atomic E-state index is 0.00768. The van der Waals surface area contributed by atoms with Crippen LogP contribution in [0.15, 0.2) is 69.0 Å². The molecule has 0 fully saturated rings. The number of rotatable bonds is 11. The van der Waals surface area contributed by atoms with E-state index in [1.165, 1.54) is 24.3 Å². The van der Waals surface area contributed by atoms with Crippen LogP contribution in [0.2, 0.25) is 0 Å². The quantitative estimate of drug-likeness (QED) is 0.225. The van der Waals surface area contributed by atoms with Gasteiger partial charge in [-0.15, -0.1) is 0 Å². The maximum atomic E-state index is 12.8. The highest BCUT2D eigenvalue weighted by Crippen LogP contribution is 2.23. The summed E-state index contributed by atoms with van der Waals surface area (Å²) in [6, 6.07) is 11.9. The van der Waals surface area contributed by atoms with E-state index in [1.54, 1.807) is 37.4 Å². The molecular formula is C21H25BrN6O5S2. The van der Waals surface area contributed by atoms with Gasteiger partial charge in [0, 0.05) is 24.5 Å². The van der Waals surface area contributed by atoms with E-state index in [-0.39, 0.29) is 34.9 Å². The molecule has 0 unspecified atom stereocenters. The molecule has 188 valence electrons. The van der Waals surface area contributed by atoms with Crippen molar-refractivity contribution in [3.63, 3.8) is 0 Å². The number of aliphatic hydroxyl groups is 1. The molecule has 0 bridgehead atoms. The summed E-state index contributed by atoms with van der Waals surface area (Å²) >= 11 is 3.35. The van der Waals surface area contributed by atoms with E-state index in [1.807, 2.05) is 0 Å². The third kappa shape index (κ3) is 7.68. The predicted molar refractivity (Wildman–Crippen MR) is 136 cm³/mol. The zero-order chi connectivity index (χ0) is 25.6. The summed E-state index contributed by atoms with van der Waals surface area (Å²) in [7, 11) is -7.58. The molecule has 0 amide bonds. The molecule has 14 heteroatoms. The van der Waals surface area contributed by atoms with Gasteiger partial charge in [-0.25, -0.2) is 31.7 Å². The predicted octanol–water partition coefficient (Wildman–Crippen LogP) is 1.94. The van der Waals surface area contributed by atoms with Crippen LogP contribution in [0.4, 0.5) is 17.5 Å². The Kier molecular flexibility index (Phi) is 8.79. The van der Waals surface area contributed by atoms with Crippen molar-refractivity contribution in [1.82, 2.24) is 14.7 Å². The van der Waals surface area contributed by atoms with Crippen LogP contribution < -0.4 is 20.5 Å². The van der Waals surface area contributed by atoms with Gasteiger partial charge in [0.15, 0.2) is 0 Å². The molecule has 1 atom stereocenters. The van der Waals surface area contributed by atoms with E-state index < -0.39 is 20.0 Å². The Morgan fingerprint density at radius 2 is 1.80 bits per heavy atom. The molecule has 0 saturated carbocycles. The molecule has 2 aromatic carbocycles. The lowest BCUT2D eigenvalue weighted by molar-refractivity contribution is 0.281. The maximum Gasteiger partial charge on any atom is 0.240 e. The second-order valence-electron chi connectivity index (χ2n) is 7.61. The largest absolute Gasteiger partial charge is 0.394 e. The van der Waals surface area contributed by atoms with E-state index in [2.05, 4.69) is 41.3 Å². The number of aliphatic hydroxyl groups excluding tert-OH is 1. The molecule has 35 heavy (non-hydrogen) atoms. The van der Waals surface area contributed by atoms with Crippen LogP contribution in [-0.4, -0.2) is 51.1 Å². The molecule has 1 heterocycles. The first-order valence-electron chi connectivity index (χ1n) is 10.4. The van der Waals surface area contributed by atoms with Gasteiger partial charge in [-0.3, -0.25) is 0 Å². The highest BCUT2D eigenvalue weighted by Gasteiger charge is 2.15. The first kappa shape index (κ1) is 27.0. The summed E-state index contributed by atoms with van der Waals surface area (Å²) in [5.41, 5.74) is 1.22. The van der Waals surface area contributed by atoms with Gasteiger partial charge >= 0.3 is 0 Å². The minimum Gasteiger partial charge on any atom is -0.394 e. The van der Waals surface area contributed by atoms with E-state index in [4.69, 9.17) is 5.14 Å². The van der Waals surface area contributed by atoms with Crippen LogP contribution in [-0.2, 0) is 26.5 Å². The molecule has 3 aromatic rings. The summed E-state index contributed by atoms with van der Waals surface area (Å²) in [5.74, 6) is 0.720. The fourth-order valence-corrected chi connectivity index (χ4v) is 4.83. The summed E-state index contributed by atoms with van der Waals surface area (Å²) in [6.45, 7) is 1.83. The minimum atomic E-state index is -3.81. The van der Waals surface area contributed by atoms with E-state index in [9.17, 15) is 21.9 Å². The Bertz CT molecular complexity index is 1390. The molecule has 3 rings (SSSR count). The van der Waals surface area contributed by atoms with Crippen molar-refractivity contribution < 1.29 is 21.9 Å². The molecule has 1 aromatic heterocycles. The number of hydrogen-bond acceptors (Lipinski definition) is 9. The number of nitrogens with zero attached hydrogens (tertiary/aromatic N) is 2. The monoisotopic (exact) mass is 584 g/mol. The van der Waals surface area contributed by atoms with E-state index >= 15 is 0 Å². The standard InChI is InChI=1S/C21H25BrN6O5S2/c1-14(13-29)26-20-19(22)12-24-21(28-20)27-16-3-2-4-18(11-16)35(32,33)25-10-9-15-5-7-17(8-6-15)34(23,30)31/h2-8,11-12,14,25,29H,9-10,13H2,1H3,(H2,23,30,31)(H2,24,26,27,28)/t14-/m1/s1. The molecular weight excluding hydrogens is 560 g/mol. The highest BCUT2D eigenvalue weighted by molar-refractivity contribution is 9.10. The Hall–Kier alpha value is -2.62. The number of benzene rings is 2. The van der Waals surface area contributed by atoms with Gasteiger partial charge in [0.05, 0.1) is 20.9 Å². The molecule has 0 aliphatic heterocycles. The molecule has 0 saturated heterocycles. The zero-order valence-electron chi connectivity index (χ0n) is 18.6. The van der Waals surface area contributed by atoms with Crippen molar-refractivity contribution in [2.75, 3.05) is 23.8 Å². The fraction of sp³-hybridized carbons (Fsp3) is 0.238. The van der Waals surface area contributed by atoms with Crippen LogP contribution in [0, 0.1) is 0 Å². The van der Waals surface area contributed by atoms with Crippen molar-refractivity contribution in [2.24, 2.45) is 5.14 Å². The van der Waals surface area contributed by atoms with Crippen molar-refractivity contribution in [3.8, 4) is 0 Å². The average Bonchev–Trinajstić information content (AvgIpc) is 2.81. The Labute approximate surface area is 212 Å². The van der Waals surface area contributed by atoms with Crippen LogP contribution in [0.25, 0.3) is 0 Å². The summed E-state index contributed by atoms with van der Waals surface area (Å²) < 4.78 is 51.3. The Morgan fingerprint density at radius 3 is 2.46 bits per heavy atom. The number of sulfonamides is 2. The third-order valence-electron chi connectivity index (χ3n) is 4.76. The van der Waals surface area contributed by atoms with Gasteiger partial charge in [-0.05, 0) is 65.2 Å². The molecule has 11 nitrogen and oxygen atoms in total. The Morgan fingerprint density at radius 1 is 1.09 bits per heavy atom. The van der Waals surface area contributed by atoms with Gasteiger partial charge in [-0.1, -0.05) is 18.2 Å². The summed E-state index contributed by atoms with van der Waals surface area (Å²) in [5, 5.41) is 20.3. The van der Waals surface area contributed by atoms with Crippen LogP contribution >= 0.6 is 15.9 Å². The SMILES string of the molecule is C[C@H](CO)Nc1nc(Nc2cccc(S(=O)(=O)NCCc3ccc(S(N)(=O)=O)cc3)c2)ncc1Br. The molecule has 6 N–H and O–H groups in total. The summed E-state index contributed by atoms with van der Waals surface area (Å²) in [6.07, 6.45) is 1.90. The smallest absolute Gasteiger partial charge is 0.240 e. The second-order valence-corrected chi connectivity index (χ2v) is 11.8. The average molecular weight is 586 g/mol. The molecule has 0 radical (unpaired) electrons. The van der Waals surface area contributed by atoms with Crippen molar-refractivity contribution in [2.45, 2.75) is 29.2 Å². The number of anilines is 3. The maximum absolute atomic E-state index is 12.8. The number of hydrogen-bond donors (Lipinski definition) is 5. The van der Waals surface area contributed by atoms with Crippen LogP contribution in [0.1, 0.15) is 12.5 Å². The lowest BCUT2D eigenvalue weighted by Gasteiger charge is -2.14. The molecule has 0 aliphatic rings. The molecule has 0 aliphatic carbocycles. The van der Waals surface area contributed by atoms with E-state index in [0.717, 1.165) is 5.56 Å². The Balaban J connectivity index is 1.66. The van der Waals surface area contributed by atoms with Crippen molar-refractivity contribution in [1.29, 1.82) is 0 Å². The summed E-state index contributed by atoms with van der Waals surface area (Å²) in [4.78, 5) is 8.58. The van der Waals surface area contributed by atoms with Gasteiger partial charge in [0.1, 0.15) is 5.82 Å². The van der Waals surface area contributed by atoms with Crippen LogP contribution in [0.3, 0.4) is 0 Å². The number of nitrogens with one attached hydrogen (secondary N) is 3. The van der Waals surface area contributed by atoms with Crippen molar-refractivity contribution >= 4 is 53.4 Å².